The van der Waals surface area contributed by atoms with Gasteiger partial charge in [-0.05, 0) is 75.1 Å². The van der Waals surface area contributed by atoms with Crippen LogP contribution in [0.15, 0.2) is 64.4 Å². The van der Waals surface area contributed by atoms with Crippen molar-refractivity contribution >= 4 is 37.5 Å². The van der Waals surface area contributed by atoms with E-state index in [9.17, 15) is 21.6 Å². The van der Waals surface area contributed by atoms with Crippen molar-refractivity contribution in [3.63, 3.8) is 0 Å². The van der Waals surface area contributed by atoms with Crippen LogP contribution in [0.5, 0.6) is 0 Å². The van der Waals surface area contributed by atoms with E-state index in [0.29, 0.717) is 24.2 Å². The zero-order valence-electron chi connectivity index (χ0n) is 18.6. The second-order valence-electron chi connectivity index (χ2n) is 7.62. The third kappa shape index (κ3) is 7.56. The predicted molar refractivity (Wildman–Crippen MR) is 127 cm³/mol. The van der Waals surface area contributed by atoms with Gasteiger partial charge in [-0.2, -0.15) is 0 Å². The van der Waals surface area contributed by atoms with Crippen molar-refractivity contribution in [2.24, 2.45) is 0 Å². The molecule has 0 saturated heterocycles. The fourth-order valence-electron chi connectivity index (χ4n) is 2.77. The summed E-state index contributed by atoms with van der Waals surface area (Å²) in [7, 11) is -1.45. The van der Waals surface area contributed by atoms with Crippen molar-refractivity contribution in [3.05, 3.63) is 60.2 Å². The molecule has 0 aliphatic heterocycles. The predicted octanol–water partition coefficient (Wildman–Crippen LogP) is 2.00. The average Bonchev–Trinajstić information content (AvgIpc) is 2.74. The number of carbonyl (C=O) groups excluding carboxylic acids is 1. The van der Waals surface area contributed by atoms with Gasteiger partial charge in [-0.15, -0.1) is 0 Å². The van der Waals surface area contributed by atoms with Gasteiger partial charge in [0.2, 0.25) is 10.0 Å². The van der Waals surface area contributed by atoms with Gasteiger partial charge in [0, 0.05) is 31.6 Å². The van der Waals surface area contributed by atoms with Crippen molar-refractivity contribution in [1.82, 2.24) is 9.62 Å². The van der Waals surface area contributed by atoms with Crippen LogP contribution in [-0.4, -0.2) is 68.1 Å². The number of sulfone groups is 1. The number of nitrogens with one attached hydrogen (secondary N) is 1. The SMILES string of the molecule is CN(C)CCCNS(=O)(=O)c1ccc(N(C)C(=O)/C=C/c2ccc(S(C)(=O)=O)cc2)cc1. The number of carbonyl (C=O) groups is 1. The minimum atomic E-state index is -3.61. The first-order chi connectivity index (χ1) is 14.9. The van der Waals surface area contributed by atoms with Crippen molar-refractivity contribution in [2.75, 3.05) is 45.4 Å². The average molecular weight is 480 g/mol. The largest absolute Gasteiger partial charge is 0.312 e. The van der Waals surface area contributed by atoms with Crippen LogP contribution in [0, 0.1) is 0 Å². The first-order valence-corrected chi connectivity index (χ1v) is 13.3. The maximum Gasteiger partial charge on any atom is 0.250 e. The lowest BCUT2D eigenvalue weighted by Gasteiger charge is -2.16. The van der Waals surface area contributed by atoms with E-state index in [1.54, 1.807) is 37.4 Å². The van der Waals surface area contributed by atoms with E-state index in [-0.39, 0.29) is 15.7 Å². The molecule has 32 heavy (non-hydrogen) atoms. The topological polar surface area (TPSA) is 104 Å². The summed E-state index contributed by atoms with van der Waals surface area (Å²) in [5.41, 5.74) is 1.22. The van der Waals surface area contributed by atoms with Gasteiger partial charge >= 0.3 is 0 Å². The molecule has 2 rings (SSSR count). The molecule has 174 valence electrons. The van der Waals surface area contributed by atoms with Gasteiger partial charge in [-0.1, -0.05) is 12.1 Å². The second-order valence-corrected chi connectivity index (χ2v) is 11.4. The molecule has 8 nitrogen and oxygen atoms in total. The summed E-state index contributed by atoms with van der Waals surface area (Å²) in [6.45, 7) is 1.13. The molecule has 0 aliphatic carbocycles. The summed E-state index contributed by atoms with van der Waals surface area (Å²) >= 11 is 0. The smallest absolute Gasteiger partial charge is 0.250 e. The number of likely N-dealkylation sites (N-methyl/N-ethyl adjacent to an activating group) is 1. The molecule has 0 heterocycles. The molecule has 0 radical (unpaired) electrons. The van der Waals surface area contributed by atoms with Gasteiger partial charge in [0.25, 0.3) is 5.91 Å². The highest BCUT2D eigenvalue weighted by Crippen LogP contribution is 2.18. The lowest BCUT2D eigenvalue weighted by atomic mass is 10.2. The van der Waals surface area contributed by atoms with Crippen molar-refractivity contribution < 1.29 is 21.6 Å². The molecule has 0 atom stereocenters. The number of sulfonamides is 1. The monoisotopic (exact) mass is 479 g/mol. The van der Waals surface area contributed by atoms with Crippen LogP contribution in [-0.2, 0) is 24.7 Å². The first kappa shape index (κ1) is 25.7. The number of amides is 1. The zero-order chi connectivity index (χ0) is 23.9. The Bertz CT molecular complexity index is 1160. The molecule has 2 aromatic carbocycles. The van der Waals surface area contributed by atoms with Crippen LogP contribution < -0.4 is 9.62 Å². The summed E-state index contributed by atoms with van der Waals surface area (Å²) in [5.74, 6) is -0.311. The van der Waals surface area contributed by atoms with Crippen LogP contribution in [0.2, 0.25) is 0 Å². The molecule has 2 aromatic rings. The van der Waals surface area contributed by atoms with Gasteiger partial charge in [-0.25, -0.2) is 21.6 Å². The molecule has 0 aliphatic rings. The number of rotatable bonds is 10. The molecule has 1 amide bonds. The Morgan fingerprint density at radius 3 is 2.00 bits per heavy atom. The number of nitrogens with zero attached hydrogens (tertiary/aromatic N) is 2. The fourth-order valence-corrected chi connectivity index (χ4v) is 4.47. The van der Waals surface area contributed by atoms with Crippen LogP contribution in [0.4, 0.5) is 5.69 Å². The van der Waals surface area contributed by atoms with E-state index in [2.05, 4.69) is 4.72 Å². The molecule has 0 saturated carbocycles. The van der Waals surface area contributed by atoms with E-state index < -0.39 is 19.9 Å². The molecule has 0 bridgehead atoms. The van der Waals surface area contributed by atoms with Gasteiger partial charge < -0.3 is 9.80 Å². The van der Waals surface area contributed by atoms with Crippen LogP contribution in [0.1, 0.15) is 12.0 Å². The Hall–Kier alpha value is -2.53. The van der Waals surface area contributed by atoms with E-state index in [1.165, 1.54) is 35.2 Å². The number of hydrogen-bond acceptors (Lipinski definition) is 6. The minimum absolute atomic E-state index is 0.133. The summed E-state index contributed by atoms with van der Waals surface area (Å²) in [5, 5.41) is 0. The Balaban J connectivity index is 2.01. The summed E-state index contributed by atoms with van der Waals surface area (Å²) in [6, 6.07) is 12.3. The summed E-state index contributed by atoms with van der Waals surface area (Å²) in [6.07, 6.45) is 4.78. The van der Waals surface area contributed by atoms with Crippen LogP contribution in [0.25, 0.3) is 6.08 Å². The molecular formula is C22H29N3O5S2. The van der Waals surface area contributed by atoms with Crippen molar-refractivity contribution in [2.45, 2.75) is 16.2 Å². The number of anilines is 1. The lowest BCUT2D eigenvalue weighted by Crippen LogP contribution is -2.27. The molecule has 0 fully saturated rings. The maximum atomic E-state index is 12.5. The van der Waals surface area contributed by atoms with Gasteiger partial charge in [0.05, 0.1) is 9.79 Å². The Morgan fingerprint density at radius 1 is 0.906 bits per heavy atom. The van der Waals surface area contributed by atoms with Gasteiger partial charge in [0.1, 0.15) is 0 Å². The normalized spacial score (nSPS) is 12.4. The molecule has 1 N–H and O–H groups in total. The Labute approximate surface area is 190 Å². The van der Waals surface area contributed by atoms with Crippen LogP contribution in [0.3, 0.4) is 0 Å². The van der Waals surface area contributed by atoms with Crippen LogP contribution >= 0.6 is 0 Å². The van der Waals surface area contributed by atoms with Gasteiger partial charge in [-0.3, -0.25) is 4.79 Å². The fraction of sp³-hybridized carbons (Fsp3) is 0.318. The molecule has 0 unspecified atom stereocenters. The highest BCUT2D eigenvalue weighted by molar-refractivity contribution is 7.90. The molecule has 0 spiro atoms. The summed E-state index contributed by atoms with van der Waals surface area (Å²) in [4.78, 5) is 16.2. The summed E-state index contributed by atoms with van der Waals surface area (Å²) < 4.78 is 50.4. The van der Waals surface area contributed by atoms with E-state index in [4.69, 9.17) is 0 Å². The Kier molecular flexibility index (Phi) is 8.73. The second kappa shape index (κ2) is 10.9. The molecule has 0 aromatic heterocycles. The quantitative estimate of drug-likeness (QED) is 0.413. The van der Waals surface area contributed by atoms with Crippen molar-refractivity contribution in [1.29, 1.82) is 0 Å². The third-order valence-electron chi connectivity index (χ3n) is 4.67. The molecule has 10 heteroatoms. The van der Waals surface area contributed by atoms with E-state index in [0.717, 1.165) is 12.8 Å². The van der Waals surface area contributed by atoms with E-state index in [1.807, 2.05) is 19.0 Å². The third-order valence-corrected chi connectivity index (χ3v) is 7.27. The number of hydrogen-bond donors (Lipinski definition) is 1. The zero-order valence-corrected chi connectivity index (χ0v) is 20.3. The van der Waals surface area contributed by atoms with Gasteiger partial charge in [0.15, 0.2) is 9.84 Å². The lowest BCUT2D eigenvalue weighted by molar-refractivity contribution is -0.113. The number of benzene rings is 2. The Morgan fingerprint density at radius 2 is 1.47 bits per heavy atom. The first-order valence-electron chi connectivity index (χ1n) is 9.90. The molecular weight excluding hydrogens is 450 g/mol. The van der Waals surface area contributed by atoms with Crippen molar-refractivity contribution in [3.8, 4) is 0 Å². The standard InChI is InChI=1S/C22H29N3O5S2/c1-24(2)17-5-16-23-32(29,30)21-13-9-19(10-14-21)25(3)22(26)15-8-18-6-11-20(12-7-18)31(4,27)28/h6-15,23H,5,16-17H2,1-4H3/b15-8+. The highest BCUT2D eigenvalue weighted by Gasteiger charge is 2.15. The highest BCUT2D eigenvalue weighted by atomic mass is 32.2. The minimum Gasteiger partial charge on any atom is -0.312 e. The van der Waals surface area contributed by atoms with E-state index >= 15 is 0 Å². The maximum absolute atomic E-state index is 12.5.